The van der Waals surface area contributed by atoms with Gasteiger partial charge in [0.1, 0.15) is 5.75 Å². The number of aryl methyl sites for hydroxylation is 1. The second-order valence-electron chi connectivity index (χ2n) is 5.13. The number of amides is 1. The lowest BCUT2D eigenvalue weighted by atomic mass is 10.2. The van der Waals surface area contributed by atoms with E-state index in [1.54, 1.807) is 18.2 Å². The highest BCUT2D eigenvalue weighted by Crippen LogP contribution is 2.21. The van der Waals surface area contributed by atoms with Crippen LogP contribution < -0.4 is 20.9 Å². The number of nitro groups is 1. The number of non-ortho nitro benzene ring substituents is 1. The van der Waals surface area contributed by atoms with Crippen molar-refractivity contribution < 1.29 is 14.5 Å². The van der Waals surface area contributed by atoms with Gasteiger partial charge in [0.05, 0.1) is 4.92 Å². The summed E-state index contributed by atoms with van der Waals surface area (Å²) in [6.45, 7) is 1.61. The molecular formula is C16H15ClN4O4S. The summed E-state index contributed by atoms with van der Waals surface area (Å²) in [7, 11) is 0. The monoisotopic (exact) mass is 394 g/mol. The number of hydrogen-bond donors (Lipinski definition) is 3. The fourth-order valence-corrected chi connectivity index (χ4v) is 2.30. The summed E-state index contributed by atoms with van der Waals surface area (Å²) in [4.78, 5) is 21.9. The van der Waals surface area contributed by atoms with Crippen LogP contribution in [0.4, 0.5) is 11.4 Å². The van der Waals surface area contributed by atoms with E-state index >= 15 is 0 Å². The molecule has 136 valence electrons. The number of carbonyl (C=O) groups is 1. The van der Waals surface area contributed by atoms with Gasteiger partial charge < -0.3 is 10.1 Å². The smallest absolute Gasteiger partial charge is 0.276 e. The molecule has 0 aliphatic heterocycles. The van der Waals surface area contributed by atoms with Gasteiger partial charge in [-0.25, -0.2) is 0 Å². The predicted molar refractivity (Wildman–Crippen MR) is 102 cm³/mol. The van der Waals surface area contributed by atoms with E-state index in [9.17, 15) is 14.9 Å². The number of halogens is 1. The van der Waals surface area contributed by atoms with Gasteiger partial charge in [0.25, 0.3) is 11.6 Å². The van der Waals surface area contributed by atoms with Crippen LogP contribution in [0, 0.1) is 17.0 Å². The normalized spacial score (nSPS) is 9.92. The summed E-state index contributed by atoms with van der Waals surface area (Å²) in [5, 5.41) is 14.1. The van der Waals surface area contributed by atoms with Gasteiger partial charge in [-0.1, -0.05) is 11.6 Å². The number of benzene rings is 2. The number of anilines is 1. The number of ether oxygens (including phenoxy) is 1. The zero-order valence-corrected chi connectivity index (χ0v) is 15.2. The molecule has 8 nitrogen and oxygen atoms in total. The van der Waals surface area contributed by atoms with Crippen LogP contribution in [0.1, 0.15) is 5.56 Å². The maximum absolute atomic E-state index is 11.8. The fourth-order valence-electron chi connectivity index (χ4n) is 1.91. The number of nitrogens with zero attached hydrogens (tertiary/aromatic N) is 1. The van der Waals surface area contributed by atoms with Crippen molar-refractivity contribution in [1.29, 1.82) is 0 Å². The summed E-state index contributed by atoms with van der Waals surface area (Å²) < 4.78 is 5.40. The average molecular weight is 395 g/mol. The van der Waals surface area contributed by atoms with Gasteiger partial charge in [-0.3, -0.25) is 25.8 Å². The Labute approximate surface area is 159 Å². The number of nitrogens with one attached hydrogen (secondary N) is 3. The number of carbonyl (C=O) groups excluding carboxylic acids is 1. The van der Waals surface area contributed by atoms with Crippen molar-refractivity contribution in [1.82, 2.24) is 10.9 Å². The minimum absolute atomic E-state index is 0.0302. The van der Waals surface area contributed by atoms with Crippen molar-refractivity contribution in [3.05, 3.63) is 63.2 Å². The van der Waals surface area contributed by atoms with E-state index in [1.807, 2.05) is 6.92 Å². The van der Waals surface area contributed by atoms with Gasteiger partial charge >= 0.3 is 0 Å². The van der Waals surface area contributed by atoms with E-state index in [2.05, 4.69) is 16.2 Å². The molecule has 3 N–H and O–H groups in total. The van der Waals surface area contributed by atoms with E-state index in [-0.39, 0.29) is 17.4 Å². The third kappa shape index (κ3) is 5.87. The molecule has 1 amide bonds. The molecule has 0 saturated heterocycles. The molecule has 0 spiro atoms. The Morgan fingerprint density at radius 2 is 1.92 bits per heavy atom. The molecule has 0 bridgehead atoms. The molecule has 10 heteroatoms. The first-order valence-electron chi connectivity index (χ1n) is 7.34. The van der Waals surface area contributed by atoms with Crippen LogP contribution in [0.5, 0.6) is 5.75 Å². The highest BCUT2D eigenvalue weighted by atomic mass is 35.5. The van der Waals surface area contributed by atoms with Crippen molar-refractivity contribution in [3.63, 3.8) is 0 Å². The zero-order valence-electron chi connectivity index (χ0n) is 13.6. The fraction of sp³-hybridized carbons (Fsp3) is 0.125. The molecule has 0 saturated carbocycles. The topological polar surface area (TPSA) is 106 Å². The molecule has 0 fully saturated rings. The van der Waals surface area contributed by atoms with Crippen LogP contribution in [0.25, 0.3) is 0 Å². The van der Waals surface area contributed by atoms with E-state index in [4.69, 9.17) is 28.6 Å². The van der Waals surface area contributed by atoms with Gasteiger partial charge in [0, 0.05) is 22.8 Å². The van der Waals surface area contributed by atoms with Gasteiger partial charge in [-0.05, 0) is 55.0 Å². The van der Waals surface area contributed by atoms with Crippen molar-refractivity contribution in [2.75, 3.05) is 11.9 Å². The van der Waals surface area contributed by atoms with Gasteiger partial charge in [0.15, 0.2) is 11.7 Å². The number of thiocarbonyl (C=S) groups is 1. The van der Waals surface area contributed by atoms with E-state index in [0.717, 1.165) is 5.56 Å². The highest BCUT2D eigenvalue weighted by molar-refractivity contribution is 7.80. The molecule has 2 aromatic rings. The summed E-state index contributed by atoms with van der Waals surface area (Å²) in [6, 6.07) is 10.8. The molecule has 2 rings (SSSR count). The summed E-state index contributed by atoms with van der Waals surface area (Å²) in [5.41, 5.74) is 6.22. The number of rotatable bonds is 5. The lowest BCUT2D eigenvalue weighted by Crippen LogP contribution is -2.45. The largest absolute Gasteiger partial charge is 0.483 e. The highest BCUT2D eigenvalue weighted by Gasteiger charge is 2.07. The van der Waals surface area contributed by atoms with Crippen molar-refractivity contribution in [2.24, 2.45) is 0 Å². The summed E-state index contributed by atoms with van der Waals surface area (Å²) in [5.74, 6) is 0.114. The molecule has 26 heavy (non-hydrogen) atoms. The third-order valence-corrected chi connectivity index (χ3v) is 3.59. The third-order valence-electron chi connectivity index (χ3n) is 3.15. The first-order chi connectivity index (χ1) is 12.3. The van der Waals surface area contributed by atoms with Crippen molar-refractivity contribution in [3.8, 4) is 5.75 Å². The van der Waals surface area contributed by atoms with Gasteiger partial charge in [-0.2, -0.15) is 0 Å². The number of hydrogen-bond acceptors (Lipinski definition) is 5. The SMILES string of the molecule is Cc1cc(Cl)ccc1OCC(=O)NNC(=S)Nc1ccc([N+](=O)[O-])cc1. The minimum atomic E-state index is -0.497. The predicted octanol–water partition coefficient (Wildman–Crippen LogP) is 2.95. The van der Waals surface area contributed by atoms with Crippen molar-refractivity contribution in [2.45, 2.75) is 6.92 Å². The first kappa shape index (κ1) is 19.4. The molecule has 0 radical (unpaired) electrons. The van der Waals surface area contributed by atoms with E-state index in [1.165, 1.54) is 24.3 Å². The quantitative estimate of drug-likeness (QED) is 0.406. The van der Waals surface area contributed by atoms with Crippen LogP contribution in [0.3, 0.4) is 0 Å². The molecule has 2 aromatic carbocycles. The Balaban J connectivity index is 1.76. The molecule has 0 aliphatic rings. The Kier molecular flexibility index (Phi) is 6.70. The minimum Gasteiger partial charge on any atom is -0.483 e. The van der Waals surface area contributed by atoms with Crippen LogP contribution in [0.2, 0.25) is 5.02 Å². The van der Waals surface area contributed by atoms with Crippen LogP contribution >= 0.6 is 23.8 Å². The standard InChI is InChI=1S/C16H15ClN4O4S/c1-10-8-11(17)2-7-14(10)25-9-15(22)19-20-16(26)18-12-3-5-13(6-4-12)21(23)24/h2-8H,9H2,1H3,(H,19,22)(H2,18,20,26). The summed E-state index contributed by atoms with van der Waals surface area (Å²) >= 11 is 10.9. The maximum Gasteiger partial charge on any atom is 0.276 e. The Morgan fingerprint density at radius 3 is 2.54 bits per heavy atom. The molecule has 0 heterocycles. The Morgan fingerprint density at radius 1 is 1.23 bits per heavy atom. The number of nitro benzene ring substituents is 1. The van der Waals surface area contributed by atoms with E-state index < -0.39 is 10.8 Å². The lowest BCUT2D eigenvalue weighted by Gasteiger charge is -2.12. The van der Waals surface area contributed by atoms with Crippen molar-refractivity contribution >= 4 is 46.2 Å². The lowest BCUT2D eigenvalue weighted by molar-refractivity contribution is -0.384. The molecule has 0 aliphatic carbocycles. The molecule has 0 atom stereocenters. The van der Waals surface area contributed by atoms with Gasteiger partial charge in [-0.15, -0.1) is 0 Å². The first-order valence-corrected chi connectivity index (χ1v) is 8.13. The van der Waals surface area contributed by atoms with Crippen LogP contribution in [-0.2, 0) is 4.79 Å². The zero-order chi connectivity index (χ0) is 19.1. The Hall–Kier alpha value is -2.91. The number of hydrazine groups is 1. The van der Waals surface area contributed by atoms with E-state index in [0.29, 0.717) is 16.5 Å². The van der Waals surface area contributed by atoms with Crippen LogP contribution in [0.15, 0.2) is 42.5 Å². The summed E-state index contributed by atoms with van der Waals surface area (Å²) in [6.07, 6.45) is 0. The molecular weight excluding hydrogens is 380 g/mol. The average Bonchev–Trinajstić information content (AvgIpc) is 2.59. The molecule has 0 aromatic heterocycles. The van der Waals surface area contributed by atoms with Crippen LogP contribution in [-0.4, -0.2) is 22.5 Å². The molecule has 0 unspecified atom stereocenters. The second kappa shape index (κ2) is 8.97. The second-order valence-corrected chi connectivity index (χ2v) is 5.97. The van der Waals surface area contributed by atoms with Gasteiger partial charge in [0.2, 0.25) is 0 Å². The maximum atomic E-state index is 11.8. The Bertz CT molecular complexity index is 829.